The van der Waals surface area contributed by atoms with E-state index in [4.69, 9.17) is 4.74 Å². The van der Waals surface area contributed by atoms with Gasteiger partial charge in [-0.1, -0.05) is 0 Å². The summed E-state index contributed by atoms with van der Waals surface area (Å²) in [5, 5.41) is 4.84. The molecule has 28 heavy (non-hydrogen) atoms. The quantitative estimate of drug-likeness (QED) is 0.852. The number of carbonyl (C=O) groups is 2. The van der Waals surface area contributed by atoms with Crippen molar-refractivity contribution in [3.63, 3.8) is 0 Å². The minimum absolute atomic E-state index is 0.00748. The summed E-state index contributed by atoms with van der Waals surface area (Å²) in [6.07, 6.45) is 6.77. The van der Waals surface area contributed by atoms with Gasteiger partial charge in [0.25, 0.3) is 11.8 Å². The number of rotatable bonds is 4. The topological polar surface area (TPSA) is 84.4 Å². The van der Waals surface area contributed by atoms with Crippen LogP contribution in [0.4, 0.5) is 0 Å². The molecule has 2 aromatic heterocycles. The smallest absolute Gasteiger partial charge is 0.273 e. The lowest BCUT2D eigenvalue weighted by Crippen LogP contribution is -2.51. The van der Waals surface area contributed by atoms with Crippen molar-refractivity contribution in [1.29, 1.82) is 0 Å². The lowest BCUT2D eigenvalue weighted by atomic mass is 9.79. The van der Waals surface area contributed by atoms with Gasteiger partial charge in [0.2, 0.25) is 0 Å². The van der Waals surface area contributed by atoms with E-state index in [2.05, 4.69) is 15.3 Å². The molecule has 0 aromatic carbocycles. The Labute approximate surface area is 168 Å². The molecule has 148 valence electrons. The number of pyridine rings is 1. The Balaban J connectivity index is 1.29. The lowest BCUT2D eigenvalue weighted by molar-refractivity contribution is -0.122. The SMILES string of the molecule is O=C(NCC1CCOC2(CCN(C(=O)c3cscn3)CC2)C1)c1ccncc1. The summed E-state index contributed by atoms with van der Waals surface area (Å²) in [5.74, 6) is 0.333. The molecule has 2 aliphatic heterocycles. The van der Waals surface area contributed by atoms with Crippen LogP contribution in [0.1, 0.15) is 46.5 Å². The van der Waals surface area contributed by atoms with E-state index in [0.29, 0.717) is 43.4 Å². The molecular formula is C20H24N4O3S. The van der Waals surface area contributed by atoms with Gasteiger partial charge in [0.15, 0.2) is 0 Å². The van der Waals surface area contributed by atoms with Gasteiger partial charge in [0.05, 0.1) is 11.1 Å². The van der Waals surface area contributed by atoms with Crippen LogP contribution in [0.2, 0.25) is 0 Å². The van der Waals surface area contributed by atoms with Gasteiger partial charge in [0.1, 0.15) is 5.69 Å². The predicted octanol–water partition coefficient (Wildman–Crippen LogP) is 2.37. The van der Waals surface area contributed by atoms with E-state index >= 15 is 0 Å². The van der Waals surface area contributed by atoms with Crippen molar-refractivity contribution in [2.45, 2.75) is 31.3 Å². The molecule has 2 saturated heterocycles. The number of aromatic nitrogens is 2. The number of hydrogen-bond acceptors (Lipinski definition) is 6. The first-order valence-corrected chi connectivity index (χ1v) is 10.6. The first-order valence-electron chi connectivity index (χ1n) is 9.65. The van der Waals surface area contributed by atoms with Gasteiger partial charge in [-0.15, -0.1) is 11.3 Å². The second-order valence-electron chi connectivity index (χ2n) is 7.50. The largest absolute Gasteiger partial charge is 0.375 e. The molecule has 2 amide bonds. The van der Waals surface area contributed by atoms with Crippen molar-refractivity contribution in [3.05, 3.63) is 46.7 Å². The predicted molar refractivity (Wildman–Crippen MR) is 105 cm³/mol. The van der Waals surface area contributed by atoms with Crippen LogP contribution in [0, 0.1) is 5.92 Å². The standard InChI is InChI=1S/C20H24N4O3S/c25-18(16-1-6-21-7-2-16)22-12-15-3-10-27-20(11-15)4-8-24(9-5-20)19(26)17-13-28-14-23-17/h1-2,6-7,13-15H,3-5,8-12H2,(H,22,25). The number of nitrogens with one attached hydrogen (secondary N) is 1. The van der Waals surface area contributed by atoms with Crippen LogP contribution in [0.3, 0.4) is 0 Å². The maximum atomic E-state index is 12.5. The molecule has 1 spiro atoms. The number of amides is 2. The van der Waals surface area contributed by atoms with Crippen LogP contribution in [0.5, 0.6) is 0 Å². The maximum absolute atomic E-state index is 12.5. The number of nitrogens with zero attached hydrogens (tertiary/aromatic N) is 3. The van der Waals surface area contributed by atoms with Gasteiger partial charge in [-0.2, -0.15) is 0 Å². The minimum Gasteiger partial charge on any atom is -0.375 e. The molecule has 4 rings (SSSR count). The molecule has 1 atom stereocenters. The third-order valence-electron chi connectivity index (χ3n) is 5.70. The molecule has 2 aliphatic rings. The molecule has 1 N–H and O–H groups in total. The first kappa shape index (κ1) is 19.0. The average Bonchev–Trinajstić information content (AvgIpc) is 3.28. The highest BCUT2D eigenvalue weighted by atomic mass is 32.1. The maximum Gasteiger partial charge on any atom is 0.273 e. The van der Waals surface area contributed by atoms with Crippen molar-refractivity contribution >= 4 is 23.2 Å². The Morgan fingerprint density at radius 3 is 2.79 bits per heavy atom. The Kier molecular flexibility index (Phi) is 5.68. The second kappa shape index (κ2) is 8.36. The van der Waals surface area contributed by atoms with Crippen LogP contribution in [0.25, 0.3) is 0 Å². The molecule has 0 saturated carbocycles. The van der Waals surface area contributed by atoms with Gasteiger partial charge in [-0.3, -0.25) is 14.6 Å². The Morgan fingerprint density at radius 2 is 2.07 bits per heavy atom. The Hall–Kier alpha value is -2.32. The number of piperidine rings is 1. The van der Waals surface area contributed by atoms with Crippen LogP contribution in [-0.2, 0) is 4.74 Å². The van der Waals surface area contributed by atoms with Gasteiger partial charge in [0, 0.05) is 49.6 Å². The highest BCUT2D eigenvalue weighted by molar-refractivity contribution is 7.07. The molecule has 2 fully saturated rings. The van der Waals surface area contributed by atoms with Gasteiger partial charge in [-0.05, 0) is 43.7 Å². The molecule has 4 heterocycles. The number of hydrogen-bond donors (Lipinski definition) is 1. The Morgan fingerprint density at radius 1 is 1.29 bits per heavy atom. The fourth-order valence-electron chi connectivity index (χ4n) is 4.09. The van der Waals surface area contributed by atoms with Crippen molar-refractivity contribution in [1.82, 2.24) is 20.2 Å². The first-order chi connectivity index (χ1) is 13.7. The zero-order chi connectivity index (χ0) is 19.4. The number of thiazole rings is 1. The van der Waals surface area contributed by atoms with Gasteiger partial charge >= 0.3 is 0 Å². The monoisotopic (exact) mass is 400 g/mol. The minimum atomic E-state index is -0.177. The summed E-state index contributed by atoms with van der Waals surface area (Å²) in [6.45, 7) is 2.72. The van der Waals surface area contributed by atoms with Crippen LogP contribution < -0.4 is 5.32 Å². The van der Waals surface area contributed by atoms with Crippen LogP contribution >= 0.6 is 11.3 Å². The molecule has 1 unspecified atom stereocenters. The highest BCUT2D eigenvalue weighted by Crippen LogP contribution is 2.37. The van der Waals surface area contributed by atoms with Crippen molar-refractivity contribution in [2.24, 2.45) is 5.92 Å². The average molecular weight is 401 g/mol. The van der Waals surface area contributed by atoms with Gasteiger partial charge in [-0.25, -0.2) is 4.98 Å². The third-order valence-corrected chi connectivity index (χ3v) is 6.29. The molecular weight excluding hydrogens is 376 g/mol. The summed E-state index contributed by atoms with van der Waals surface area (Å²) in [6, 6.07) is 3.44. The normalized spacial score (nSPS) is 21.4. The molecule has 8 heteroatoms. The Bertz CT molecular complexity index is 804. The zero-order valence-corrected chi connectivity index (χ0v) is 16.5. The zero-order valence-electron chi connectivity index (χ0n) is 15.7. The number of ether oxygens (including phenoxy) is 1. The lowest BCUT2D eigenvalue weighted by Gasteiger charge is -2.46. The highest BCUT2D eigenvalue weighted by Gasteiger charge is 2.41. The molecule has 2 aromatic rings. The third kappa shape index (κ3) is 4.23. The summed E-state index contributed by atoms with van der Waals surface area (Å²) in [4.78, 5) is 34.7. The van der Waals surface area contributed by atoms with E-state index in [0.717, 1.165) is 25.7 Å². The van der Waals surface area contributed by atoms with Crippen molar-refractivity contribution in [3.8, 4) is 0 Å². The molecule has 0 aliphatic carbocycles. The van der Waals surface area contributed by atoms with Crippen molar-refractivity contribution in [2.75, 3.05) is 26.2 Å². The number of carbonyl (C=O) groups excluding carboxylic acids is 2. The summed E-state index contributed by atoms with van der Waals surface area (Å²) < 4.78 is 6.17. The van der Waals surface area contributed by atoms with E-state index < -0.39 is 0 Å². The van der Waals surface area contributed by atoms with Gasteiger partial charge < -0.3 is 15.0 Å². The summed E-state index contributed by atoms with van der Waals surface area (Å²) >= 11 is 1.44. The van der Waals surface area contributed by atoms with E-state index in [1.807, 2.05) is 4.90 Å². The van der Waals surface area contributed by atoms with Crippen LogP contribution in [0.15, 0.2) is 35.4 Å². The van der Waals surface area contributed by atoms with E-state index in [-0.39, 0.29) is 17.4 Å². The molecule has 7 nitrogen and oxygen atoms in total. The fourth-order valence-corrected chi connectivity index (χ4v) is 4.62. The number of likely N-dealkylation sites (tertiary alicyclic amines) is 1. The van der Waals surface area contributed by atoms with E-state index in [1.54, 1.807) is 35.4 Å². The van der Waals surface area contributed by atoms with E-state index in [9.17, 15) is 9.59 Å². The van der Waals surface area contributed by atoms with Crippen LogP contribution in [-0.4, -0.2) is 58.5 Å². The molecule has 0 radical (unpaired) electrons. The molecule has 0 bridgehead atoms. The summed E-state index contributed by atoms with van der Waals surface area (Å²) in [5.41, 5.74) is 2.67. The summed E-state index contributed by atoms with van der Waals surface area (Å²) in [7, 11) is 0. The second-order valence-corrected chi connectivity index (χ2v) is 8.22. The van der Waals surface area contributed by atoms with Crippen molar-refractivity contribution < 1.29 is 14.3 Å². The fraction of sp³-hybridized carbons (Fsp3) is 0.500. The van der Waals surface area contributed by atoms with E-state index in [1.165, 1.54) is 11.3 Å².